The molecule has 3 atom stereocenters. The van der Waals surface area contributed by atoms with Crippen molar-refractivity contribution >= 4 is 28.3 Å². The molecule has 0 aromatic carbocycles. The Morgan fingerprint density at radius 1 is 1.50 bits per heavy atom. The summed E-state index contributed by atoms with van der Waals surface area (Å²) < 4.78 is 5.30. The van der Waals surface area contributed by atoms with Crippen LogP contribution in [0.1, 0.15) is 50.0 Å². The number of ether oxygens (including phenoxy) is 1. The van der Waals surface area contributed by atoms with Gasteiger partial charge < -0.3 is 15.4 Å². The molecule has 2 N–H and O–H groups in total. The van der Waals surface area contributed by atoms with Crippen LogP contribution in [0.25, 0.3) is 0 Å². The number of carbonyl (C=O) groups is 2. The summed E-state index contributed by atoms with van der Waals surface area (Å²) in [6.07, 6.45) is 3.17. The van der Waals surface area contributed by atoms with Crippen LogP contribution in [-0.2, 0) is 9.53 Å². The number of fused-ring (bicyclic) bond motifs is 2. The van der Waals surface area contributed by atoms with Gasteiger partial charge in [0.1, 0.15) is 5.69 Å². The molecular weight excluding hydrogens is 302 g/mol. The molecule has 0 radical (unpaired) electrons. The molecule has 0 saturated carbocycles. The van der Waals surface area contributed by atoms with E-state index in [1.54, 1.807) is 5.38 Å². The lowest BCUT2D eigenvalue weighted by Gasteiger charge is -2.33. The molecule has 1 aromatic heterocycles. The van der Waals surface area contributed by atoms with E-state index in [9.17, 15) is 9.59 Å². The second-order valence-electron chi connectivity index (χ2n) is 5.96. The highest BCUT2D eigenvalue weighted by molar-refractivity contribution is 7.13. The lowest BCUT2D eigenvalue weighted by atomic mass is 9.72. The van der Waals surface area contributed by atoms with E-state index in [2.05, 4.69) is 4.98 Å². The Morgan fingerprint density at radius 2 is 2.27 bits per heavy atom. The predicted octanol–water partition coefficient (Wildman–Crippen LogP) is 2.06. The first kappa shape index (κ1) is 15.3. The SMILES string of the molecule is CCOC(=O)[C@@]1(CC)C[C@H]2CC[C@@H]1N2C(=O)c1csc(N)n1. The summed E-state index contributed by atoms with van der Waals surface area (Å²) in [4.78, 5) is 31.2. The van der Waals surface area contributed by atoms with Crippen molar-refractivity contribution in [1.82, 2.24) is 9.88 Å². The summed E-state index contributed by atoms with van der Waals surface area (Å²) in [5, 5.41) is 2.08. The van der Waals surface area contributed by atoms with E-state index in [4.69, 9.17) is 10.5 Å². The van der Waals surface area contributed by atoms with Gasteiger partial charge in [-0.3, -0.25) is 9.59 Å². The molecule has 2 aliphatic rings. The lowest BCUT2D eigenvalue weighted by molar-refractivity contribution is -0.157. The smallest absolute Gasteiger partial charge is 0.314 e. The number of aromatic nitrogens is 1. The summed E-state index contributed by atoms with van der Waals surface area (Å²) in [6, 6.07) is 0.0155. The summed E-state index contributed by atoms with van der Waals surface area (Å²) in [7, 11) is 0. The quantitative estimate of drug-likeness (QED) is 0.857. The molecule has 2 saturated heterocycles. The Bertz CT molecular complexity index is 603. The van der Waals surface area contributed by atoms with E-state index < -0.39 is 5.41 Å². The van der Waals surface area contributed by atoms with Crippen LogP contribution in [0.4, 0.5) is 5.13 Å². The third-order valence-corrected chi connectivity index (χ3v) is 5.70. The van der Waals surface area contributed by atoms with Gasteiger partial charge >= 0.3 is 5.97 Å². The third-order valence-electron chi connectivity index (χ3n) is 5.03. The summed E-state index contributed by atoms with van der Waals surface area (Å²) in [5.41, 5.74) is 5.45. The average molecular weight is 323 g/mol. The Hall–Kier alpha value is -1.63. The number of nitrogens with two attached hydrogens (primary N) is 1. The van der Waals surface area contributed by atoms with Gasteiger partial charge in [0.25, 0.3) is 5.91 Å². The van der Waals surface area contributed by atoms with Crippen molar-refractivity contribution in [3.05, 3.63) is 11.1 Å². The Morgan fingerprint density at radius 3 is 2.86 bits per heavy atom. The van der Waals surface area contributed by atoms with E-state index in [0.29, 0.717) is 30.3 Å². The predicted molar refractivity (Wildman–Crippen MR) is 83.5 cm³/mol. The van der Waals surface area contributed by atoms with E-state index in [1.807, 2.05) is 18.7 Å². The van der Waals surface area contributed by atoms with Gasteiger partial charge in [-0.05, 0) is 32.6 Å². The second kappa shape index (κ2) is 5.53. The minimum atomic E-state index is -0.559. The molecule has 2 aliphatic heterocycles. The fourth-order valence-electron chi connectivity index (χ4n) is 4.03. The van der Waals surface area contributed by atoms with Gasteiger partial charge in [-0.15, -0.1) is 11.3 Å². The molecule has 22 heavy (non-hydrogen) atoms. The fraction of sp³-hybridized carbons (Fsp3) is 0.667. The van der Waals surface area contributed by atoms with Gasteiger partial charge in [-0.25, -0.2) is 4.98 Å². The summed E-state index contributed by atoms with van der Waals surface area (Å²) >= 11 is 1.26. The van der Waals surface area contributed by atoms with Gasteiger partial charge in [-0.2, -0.15) is 0 Å². The fourth-order valence-corrected chi connectivity index (χ4v) is 4.56. The van der Waals surface area contributed by atoms with Crippen LogP contribution >= 0.6 is 11.3 Å². The molecule has 6 nitrogen and oxygen atoms in total. The van der Waals surface area contributed by atoms with Gasteiger partial charge in [0.15, 0.2) is 5.13 Å². The Labute approximate surface area is 133 Å². The van der Waals surface area contributed by atoms with Gasteiger partial charge in [-0.1, -0.05) is 6.92 Å². The average Bonchev–Trinajstić information content (AvgIpc) is 3.19. The zero-order chi connectivity index (χ0) is 15.9. The lowest BCUT2D eigenvalue weighted by Crippen LogP contribution is -2.45. The number of nitrogen functional groups attached to an aromatic ring is 1. The number of rotatable bonds is 4. The van der Waals surface area contributed by atoms with E-state index in [1.165, 1.54) is 11.3 Å². The van der Waals surface area contributed by atoms with Crippen LogP contribution in [0.2, 0.25) is 0 Å². The number of amides is 1. The van der Waals surface area contributed by atoms with Crippen molar-refractivity contribution in [2.45, 2.75) is 51.6 Å². The van der Waals surface area contributed by atoms with Crippen molar-refractivity contribution in [2.75, 3.05) is 12.3 Å². The molecule has 2 bridgehead atoms. The number of anilines is 1. The van der Waals surface area contributed by atoms with E-state index in [-0.39, 0.29) is 24.0 Å². The monoisotopic (exact) mass is 323 g/mol. The van der Waals surface area contributed by atoms with Crippen LogP contribution in [0, 0.1) is 5.41 Å². The zero-order valence-electron chi connectivity index (χ0n) is 12.9. The molecule has 7 heteroatoms. The molecule has 120 valence electrons. The molecule has 0 aliphatic carbocycles. The third kappa shape index (κ3) is 2.10. The first-order valence-electron chi connectivity index (χ1n) is 7.74. The highest BCUT2D eigenvalue weighted by Crippen LogP contribution is 2.52. The molecule has 3 heterocycles. The summed E-state index contributed by atoms with van der Waals surface area (Å²) in [5.74, 6) is -0.277. The molecular formula is C15H21N3O3S. The van der Waals surface area contributed by atoms with Crippen LogP contribution in [0.5, 0.6) is 0 Å². The minimum Gasteiger partial charge on any atom is -0.466 e. The van der Waals surface area contributed by atoms with Crippen molar-refractivity contribution in [3.8, 4) is 0 Å². The van der Waals surface area contributed by atoms with Crippen molar-refractivity contribution in [1.29, 1.82) is 0 Å². The van der Waals surface area contributed by atoms with Crippen LogP contribution < -0.4 is 5.73 Å². The highest BCUT2D eigenvalue weighted by Gasteiger charge is 2.61. The van der Waals surface area contributed by atoms with Crippen LogP contribution in [0.15, 0.2) is 5.38 Å². The van der Waals surface area contributed by atoms with Gasteiger partial charge in [0.2, 0.25) is 0 Å². The Kier molecular flexibility index (Phi) is 3.84. The molecule has 1 amide bonds. The van der Waals surface area contributed by atoms with Crippen molar-refractivity contribution < 1.29 is 14.3 Å². The maximum absolute atomic E-state index is 12.8. The van der Waals surface area contributed by atoms with Crippen LogP contribution in [-0.4, -0.2) is 40.5 Å². The maximum Gasteiger partial charge on any atom is 0.314 e. The van der Waals surface area contributed by atoms with Crippen molar-refractivity contribution in [2.24, 2.45) is 5.41 Å². The standard InChI is InChI=1S/C15H21N3O3S/c1-3-15(13(20)21-4-2)7-9-5-6-11(15)18(9)12(19)10-8-22-14(16)17-10/h8-9,11H,3-7H2,1-2H3,(H2,16,17)/t9-,11+,15+/m1/s1. The molecule has 3 rings (SSSR count). The summed E-state index contributed by atoms with van der Waals surface area (Å²) in [6.45, 7) is 4.19. The highest BCUT2D eigenvalue weighted by atomic mass is 32.1. The molecule has 2 fully saturated rings. The molecule has 1 aromatic rings. The van der Waals surface area contributed by atoms with Crippen molar-refractivity contribution in [3.63, 3.8) is 0 Å². The Balaban J connectivity index is 1.89. The first-order valence-corrected chi connectivity index (χ1v) is 8.62. The largest absolute Gasteiger partial charge is 0.466 e. The van der Waals surface area contributed by atoms with Gasteiger partial charge in [0.05, 0.1) is 12.0 Å². The number of hydrogen-bond donors (Lipinski definition) is 1. The molecule has 0 unspecified atom stereocenters. The number of esters is 1. The number of carbonyl (C=O) groups excluding carboxylic acids is 2. The topological polar surface area (TPSA) is 85.5 Å². The minimum absolute atomic E-state index is 0.0861. The normalized spacial score (nSPS) is 29.8. The van der Waals surface area contributed by atoms with Gasteiger partial charge in [0, 0.05) is 17.5 Å². The zero-order valence-corrected chi connectivity index (χ0v) is 13.7. The number of nitrogens with zero attached hydrogens (tertiary/aromatic N) is 2. The van der Waals surface area contributed by atoms with E-state index in [0.717, 1.165) is 12.8 Å². The first-order chi connectivity index (χ1) is 10.5. The maximum atomic E-state index is 12.8. The second-order valence-corrected chi connectivity index (χ2v) is 6.85. The van der Waals surface area contributed by atoms with E-state index >= 15 is 0 Å². The number of thiazole rings is 1. The molecule has 0 spiro atoms. The number of hydrogen-bond acceptors (Lipinski definition) is 6. The van der Waals surface area contributed by atoms with Crippen LogP contribution in [0.3, 0.4) is 0 Å².